The fourth-order valence-electron chi connectivity index (χ4n) is 4.87. The number of nitrogens with zero attached hydrogens (tertiary/aromatic N) is 3. The summed E-state index contributed by atoms with van der Waals surface area (Å²) in [6.07, 6.45) is 5.26. The zero-order valence-electron chi connectivity index (χ0n) is 25.6. The van der Waals surface area contributed by atoms with Gasteiger partial charge in [-0.2, -0.15) is 0 Å². The molecule has 1 N–H and O–H groups in total. The highest BCUT2D eigenvalue weighted by Crippen LogP contribution is 2.39. The maximum atomic E-state index is 13.9. The number of thioether (sulfide) groups is 1. The van der Waals surface area contributed by atoms with Crippen LogP contribution in [0.25, 0.3) is 5.69 Å². The van der Waals surface area contributed by atoms with Gasteiger partial charge in [0.1, 0.15) is 11.6 Å². The minimum absolute atomic E-state index is 0.159. The minimum atomic E-state index is -0.484. The maximum Gasteiger partial charge on any atom is 0.251 e. The van der Waals surface area contributed by atoms with Gasteiger partial charge in [0.2, 0.25) is 0 Å². The van der Waals surface area contributed by atoms with Crippen molar-refractivity contribution in [3.05, 3.63) is 126 Å². The molecule has 0 radical (unpaired) electrons. The molecule has 0 fully saturated rings. The molecule has 1 amide bonds. The molecule has 0 spiro atoms. The highest BCUT2D eigenvalue weighted by Gasteiger charge is 2.30. The van der Waals surface area contributed by atoms with Gasteiger partial charge in [0.15, 0.2) is 16.7 Å². The van der Waals surface area contributed by atoms with E-state index in [1.165, 1.54) is 12.1 Å². The number of halogens is 1. The van der Waals surface area contributed by atoms with Gasteiger partial charge in [0.05, 0.1) is 32.7 Å². The van der Waals surface area contributed by atoms with E-state index in [0.29, 0.717) is 41.7 Å². The van der Waals surface area contributed by atoms with Gasteiger partial charge in [-0.25, -0.2) is 9.37 Å². The predicted molar refractivity (Wildman–Crippen MR) is 173 cm³/mol. The van der Waals surface area contributed by atoms with Crippen molar-refractivity contribution < 1.29 is 23.4 Å². The average Bonchev–Trinajstić information content (AvgIpc) is 3.51. The Hall–Kier alpha value is -4.83. The number of hydrogen-bond acceptors (Lipinski definition) is 7. The third-order valence-electron chi connectivity index (χ3n) is 7.46. The minimum Gasteiger partial charge on any atom is -0.493 e. The van der Waals surface area contributed by atoms with Crippen LogP contribution < -0.4 is 19.5 Å². The van der Waals surface area contributed by atoms with Crippen LogP contribution >= 0.6 is 11.8 Å². The van der Waals surface area contributed by atoms with Crippen molar-refractivity contribution in [1.82, 2.24) is 19.9 Å². The number of imidazole rings is 1. The maximum absolute atomic E-state index is 13.9. The predicted octanol–water partition coefficient (Wildman–Crippen LogP) is 6.85. The lowest BCUT2D eigenvalue weighted by atomic mass is 9.81. The number of nitrogens with one attached hydrogen (secondary N) is 1. The van der Waals surface area contributed by atoms with Gasteiger partial charge in [0, 0.05) is 41.4 Å². The zero-order valence-corrected chi connectivity index (χ0v) is 26.4. The summed E-state index contributed by atoms with van der Waals surface area (Å²) in [5.41, 5.74) is 3.80. The molecule has 232 valence electrons. The molecule has 8 nitrogen and oxygen atoms in total. The van der Waals surface area contributed by atoms with Crippen molar-refractivity contribution in [2.45, 2.75) is 31.0 Å². The van der Waals surface area contributed by atoms with E-state index in [-0.39, 0.29) is 11.7 Å². The molecule has 0 unspecified atom stereocenters. The Kier molecular flexibility index (Phi) is 10.0. The standard InChI is InChI=1S/C35H35FN4O4S/c1-35(2,26-7-14-30(42-3)31(21-26)43-4)32-23-39-34(40(32)28-10-8-27(36)9-11-28)45-20-19-44-29-12-5-25(6-13-29)33(41)38-22-24-15-17-37-18-16-24/h5-18,21,23H,19-20,22H2,1-4H3,(H,38,41). The molecule has 3 aromatic carbocycles. The van der Waals surface area contributed by atoms with E-state index >= 15 is 0 Å². The lowest BCUT2D eigenvalue weighted by molar-refractivity contribution is 0.0951. The van der Waals surface area contributed by atoms with Crippen molar-refractivity contribution in [3.8, 4) is 22.9 Å². The van der Waals surface area contributed by atoms with Gasteiger partial charge >= 0.3 is 0 Å². The van der Waals surface area contributed by atoms with Gasteiger partial charge in [-0.1, -0.05) is 31.7 Å². The van der Waals surface area contributed by atoms with Crippen LogP contribution in [0.2, 0.25) is 0 Å². The van der Waals surface area contributed by atoms with Crippen molar-refractivity contribution in [2.24, 2.45) is 0 Å². The third-order valence-corrected chi connectivity index (χ3v) is 8.38. The summed E-state index contributed by atoms with van der Waals surface area (Å²) in [6.45, 7) is 5.08. The second kappa shape index (κ2) is 14.3. The molecule has 0 saturated carbocycles. The number of rotatable bonds is 13. The number of amides is 1. The summed E-state index contributed by atoms with van der Waals surface area (Å²) in [4.78, 5) is 21.3. The second-order valence-electron chi connectivity index (χ2n) is 10.7. The third kappa shape index (κ3) is 7.46. The van der Waals surface area contributed by atoms with Crippen molar-refractivity contribution >= 4 is 17.7 Å². The quantitative estimate of drug-likeness (QED) is 0.113. The molecular formula is C35H35FN4O4S. The van der Waals surface area contributed by atoms with E-state index in [1.54, 1.807) is 74.8 Å². The first-order chi connectivity index (χ1) is 21.8. The summed E-state index contributed by atoms with van der Waals surface area (Å²) in [5.74, 6) is 2.11. The molecule has 5 aromatic rings. The highest BCUT2D eigenvalue weighted by molar-refractivity contribution is 7.99. The van der Waals surface area contributed by atoms with Crippen LogP contribution in [0.1, 0.15) is 41.0 Å². The molecule has 0 atom stereocenters. The van der Waals surface area contributed by atoms with Gasteiger partial charge in [0.25, 0.3) is 5.91 Å². The smallest absolute Gasteiger partial charge is 0.251 e. The first-order valence-electron chi connectivity index (χ1n) is 14.4. The summed E-state index contributed by atoms with van der Waals surface area (Å²) in [6, 6.07) is 23.1. The molecule has 5 rings (SSSR count). The summed E-state index contributed by atoms with van der Waals surface area (Å²) < 4.78 is 32.9. The summed E-state index contributed by atoms with van der Waals surface area (Å²) in [5, 5.41) is 3.67. The van der Waals surface area contributed by atoms with Crippen LogP contribution in [-0.2, 0) is 12.0 Å². The number of benzene rings is 3. The van der Waals surface area contributed by atoms with E-state index in [1.807, 2.05) is 36.5 Å². The molecular weight excluding hydrogens is 591 g/mol. The summed E-state index contributed by atoms with van der Waals surface area (Å²) >= 11 is 1.54. The first-order valence-corrected chi connectivity index (χ1v) is 15.4. The topological polar surface area (TPSA) is 87.5 Å². The molecule has 0 aliphatic rings. The number of pyridine rings is 1. The number of hydrogen-bond donors (Lipinski definition) is 1. The van der Waals surface area contributed by atoms with E-state index in [4.69, 9.17) is 19.2 Å². The zero-order chi connectivity index (χ0) is 31.8. The van der Waals surface area contributed by atoms with E-state index in [0.717, 1.165) is 27.7 Å². The van der Waals surface area contributed by atoms with Crippen molar-refractivity contribution in [1.29, 1.82) is 0 Å². The van der Waals surface area contributed by atoms with Gasteiger partial charge < -0.3 is 19.5 Å². The normalized spacial score (nSPS) is 11.2. The van der Waals surface area contributed by atoms with E-state index < -0.39 is 5.41 Å². The lowest BCUT2D eigenvalue weighted by Gasteiger charge is -2.28. The van der Waals surface area contributed by atoms with Gasteiger partial charge in [-0.05, 0) is 83.9 Å². The Labute approximate surface area is 266 Å². The Morgan fingerprint density at radius 1 is 0.933 bits per heavy atom. The van der Waals surface area contributed by atoms with E-state index in [9.17, 15) is 9.18 Å². The number of aromatic nitrogens is 3. The number of ether oxygens (including phenoxy) is 3. The molecule has 0 bridgehead atoms. The largest absolute Gasteiger partial charge is 0.493 e. The first kappa shape index (κ1) is 31.6. The number of carbonyl (C=O) groups is 1. The van der Waals surface area contributed by atoms with Crippen LogP contribution in [0.15, 0.2) is 103 Å². The Balaban J connectivity index is 1.27. The SMILES string of the molecule is COc1ccc(C(C)(C)c2cnc(SCCOc3ccc(C(=O)NCc4ccncc4)cc3)n2-c2ccc(F)cc2)cc1OC. The van der Waals surface area contributed by atoms with E-state index in [2.05, 4.69) is 28.7 Å². The number of carbonyl (C=O) groups excluding carboxylic acids is 1. The van der Waals surface area contributed by atoms with Crippen LogP contribution in [0.3, 0.4) is 0 Å². The molecule has 2 heterocycles. The molecule has 10 heteroatoms. The molecule has 0 saturated heterocycles. The molecule has 2 aromatic heterocycles. The van der Waals surface area contributed by atoms with Crippen molar-refractivity contribution in [3.63, 3.8) is 0 Å². The van der Waals surface area contributed by atoms with Gasteiger partial charge in [-0.15, -0.1) is 0 Å². The lowest BCUT2D eigenvalue weighted by Crippen LogP contribution is -2.23. The average molecular weight is 627 g/mol. The molecule has 0 aliphatic carbocycles. The summed E-state index contributed by atoms with van der Waals surface area (Å²) in [7, 11) is 3.23. The van der Waals surface area contributed by atoms with Crippen LogP contribution in [0.5, 0.6) is 17.2 Å². The Bertz CT molecular complexity index is 1730. The van der Waals surface area contributed by atoms with Crippen LogP contribution in [0, 0.1) is 5.82 Å². The fraction of sp³-hybridized carbons (Fsp3) is 0.229. The molecule has 0 aliphatic heterocycles. The van der Waals surface area contributed by atoms with Gasteiger partial charge in [-0.3, -0.25) is 14.3 Å². The fourth-order valence-corrected chi connectivity index (χ4v) is 5.68. The second-order valence-corrected chi connectivity index (χ2v) is 11.8. The number of methoxy groups -OCH3 is 2. The monoisotopic (exact) mass is 626 g/mol. The van der Waals surface area contributed by atoms with Crippen LogP contribution in [-0.4, -0.2) is 47.0 Å². The highest BCUT2D eigenvalue weighted by atomic mass is 32.2. The molecule has 45 heavy (non-hydrogen) atoms. The Morgan fingerprint density at radius 3 is 2.33 bits per heavy atom. The van der Waals surface area contributed by atoms with Crippen LogP contribution in [0.4, 0.5) is 4.39 Å². The Morgan fingerprint density at radius 2 is 1.64 bits per heavy atom. The van der Waals surface area contributed by atoms with Crippen molar-refractivity contribution in [2.75, 3.05) is 26.6 Å².